The molecule has 1 fully saturated rings. The first-order chi connectivity index (χ1) is 15.0. The van der Waals surface area contributed by atoms with Crippen LogP contribution < -0.4 is 5.56 Å². The fourth-order valence-corrected chi connectivity index (χ4v) is 3.92. The molecule has 1 aliphatic heterocycles. The van der Waals surface area contributed by atoms with Crippen LogP contribution in [0.25, 0.3) is 11.2 Å². The van der Waals surface area contributed by atoms with Crippen molar-refractivity contribution < 1.29 is 23.8 Å². The van der Waals surface area contributed by atoms with Gasteiger partial charge in [0.1, 0.15) is 12.8 Å². The third-order valence-corrected chi connectivity index (χ3v) is 5.35. The van der Waals surface area contributed by atoms with Crippen LogP contribution in [0.1, 0.15) is 33.4 Å². The summed E-state index contributed by atoms with van der Waals surface area (Å²) in [7, 11) is 3.60. The number of aromatic amines is 1. The molecule has 3 heterocycles. The van der Waals surface area contributed by atoms with Crippen LogP contribution >= 0.6 is 15.9 Å². The summed E-state index contributed by atoms with van der Waals surface area (Å²) in [6.45, 7) is 4.11. The summed E-state index contributed by atoms with van der Waals surface area (Å²) in [5, 5.41) is 0. The number of esters is 2. The second kappa shape index (κ2) is 9.36. The van der Waals surface area contributed by atoms with Crippen molar-refractivity contribution in [3.05, 3.63) is 16.7 Å². The van der Waals surface area contributed by atoms with Crippen molar-refractivity contribution in [1.29, 1.82) is 0 Å². The smallest absolute Gasteiger partial charge is 0.350 e. The molecule has 32 heavy (non-hydrogen) atoms. The van der Waals surface area contributed by atoms with Crippen LogP contribution in [0.2, 0.25) is 0 Å². The second-order valence-electron chi connectivity index (χ2n) is 8.02. The Bertz CT molecular complexity index is 1090. The minimum Gasteiger partial charge on any atom is -0.460 e. The van der Waals surface area contributed by atoms with Gasteiger partial charge < -0.3 is 19.1 Å². The van der Waals surface area contributed by atoms with Crippen molar-refractivity contribution >= 4 is 51.3 Å². The molecule has 0 aromatic carbocycles. The monoisotopic (exact) mass is 512 g/mol. The summed E-state index contributed by atoms with van der Waals surface area (Å²) in [5.74, 6) is -1.11. The van der Waals surface area contributed by atoms with Gasteiger partial charge in [-0.05, 0) is 20.3 Å². The van der Waals surface area contributed by atoms with Gasteiger partial charge >= 0.3 is 11.9 Å². The fraction of sp³-hybridized carbons (Fsp3) is 0.579. The maximum Gasteiger partial charge on any atom is 0.350 e. The molecule has 0 amide bonds. The number of fused-ring (bicyclic) bond motifs is 1. The fourth-order valence-electron chi connectivity index (χ4n) is 3.13. The highest BCUT2D eigenvalue weighted by Gasteiger charge is 2.38. The minimum absolute atomic E-state index is 0.0266. The SMILES string of the molecule is CC(=O)OC(C)(C)C(=O)OC[C@@H]1C[C@H](Br)[C@H](n2cnc3c(=O)[nH]c(/N=C/N(C)C)nc32)O1. The van der Waals surface area contributed by atoms with Crippen LogP contribution in [-0.4, -0.2) is 79.9 Å². The average molecular weight is 513 g/mol. The zero-order chi connectivity index (χ0) is 23.6. The third kappa shape index (κ3) is 5.33. The van der Waals surface area contributed by atoms with Crippen molar-refractivity contribution in [1.82, 2.24) is 24.4 Å². The van der Waals surface area contributed by atoms with Gasteiger partial charge in [0, 0.05) is 21.0 Å². The zero-order valence-electron chi connectivity index (χ0n) is 18.4. The third-order valence-electron chi connectivity index (χ3n) is 4.53. The molecule has 0 unspecified atom stereocenters. The van der Waals surface area contributed by atoms with E-state index in [4.69, 9.17) is 14.2 Å². The Morgan fingerprint density at radius 3 is 2.84 bits per heavy atom. The first-order valence-corrected chi connectivity index (χ1v) is 10.7. The Hall–Kier alpha value is -2.80. The first-order valence-electron chi connectivity index (χ1n) is 9.81. The predicted octanol–water partition coefficient (Wildman–Crippen LogP) is 1.28. The maximum absolute atomic E-state index is 12.4. The van der Waals surface area contributed by atoms with E-state index in [2.05, 4.69) is 35.9 Å². The van der Waals surface area contributed by atoms with E-state index in [1.807, 2.05) is 0 Å². The molecule has 0 saturated carbocycles. The molecule has 174 valence electrons. The Labute approximate surface area is 192 Å². The van der Waals surface area contributed by atoms with Crippen LogP contribution in [0.15, 0.2) is 16.1 Å². The summed E-state index contributed by atoms with van der Waals surface area (Å²) in [4.78, 5) is 52.6. The van der Waals surface area contributed by atoms with Gasteiger partial charge in [-0.1, -0.05) is 15.9 Å². The molecular formula is C19H25BrN6O6. The van der Waals surface area contributed by atoms with Gasteiger partial charge in [0.25, 0.3) is 5.56 Å². The van der Waals surface area contributed by atoms with Crippen molar-refractivity contribution in [2.45, 2.75) is 50.0 Å². The van der Waals surface area contributed by atoms with Gasteiger partial charge in [0.15, 0.2) is 11.2 Å². The van der Waals surface area contributed by atoms with Gasteiger partial charge in [-0.2, -0.15) is 4.98 Å². The van der Waals surface area contributed by atoms with Gasteiger partial charge in [-0.25, -0.2) is 14.8 Å². The number of rotatable bonds is 7. The number of imidazole rings is 1. The van der Waals surface area contributed by atoms with Crippen LogP contribution in [0.5, 0.6) is 0 Å². The molecule has 1 aliphatic rings. The van der Waals surface area contributed by atoms with E-state index in [1.165, 1.54) is 33.4 Å². The summed E-state index contributed by atoms with van der Waals surface area (Å²) >= 11 is 3.58. The van der Waals surface area contributed by atoms with E-state index < -0.39 is 35.4 Å². The number of hydrogen-bond donors (Lipinski definition) is 1. The highest BCUT2D eigenvalue weighted by molar-refractivity contribution is 9.09. The first kappa shape index (κ1) is 23.9. The molecule has 0 radical (unpaired) electrons. The molecule has 2 aromatic rings. The molecule has 0 aliphatic carbocycles. The summed E-state index contributed by atoms with van der Waals surface area (Å²) in [6.07, 6.45) is 2.56. The van der Waals surface area contributed by atoms with E-state index in [0.29, 0.717) is 12.1 Å². The average Bonchev–Trinajstić information content (AvgIpc) is 3.26. The van der Waals surface area contributed by atoms with Crippen molar-refractivity contribution in [2.75, 3.05) is 20.7 Å². The lowest BCUT2D eigenvalue weighted by atomic mass is 10.1. The van der Waals surface area contributed by atoms with Gasteiger partial charge in [-0.3, -0.25) is 19.1 Å². The van der Waals surface area contributed by atoms with E-state index in [-0.39, 0.29) is 22.9 Å². The Morgan fingerprint density at radius 2 is 2.19 bits per heavy atom. The number of ether oxygens (including phenoxy) is 3. The second-order valence-corrected chi connectivity index (χ2v) is 9.20. The number of aromatic nitrogens is 4. The van der Waals surface area contributed by atoms with Crippen LogP contribution in [0.4, 0.5) is 5.95 Å². The Kier molecular flexibility index (Phi) is 6.98. The van der Waals surface area contributed by atoms with Crippen molar-refractivity contribution in [3.8, 4) is 0 Å². The number of hydrogen-bond acceptors (Lipinski definition) is 9. The molecule has 3 atom stereocenters. The van der Waals surface area contributed by atoms with E-state index >= 15 is 0 Å². The molecular weight excluding hydrogens is 488 g/mol. The quantitative estimate of drug-likeness (QED) is 0.251. The molecule has 2 aromatic heterocycles. The largest absolute Gasteiger partial charge is 0.460 e. The van der Waals surface area contributed by atoms with Crippen LogP contribution in [-0.2, 0) is 23.8 Å². The number of nitrogens with one attached hydrogen (secondary N) is 1. The van der Waals surface area contributed by atoms with E-state index in [1.54, 1.807) is 23.6 Å². The highest BCUT2D eigenvalue weighted by Crippen LogP contribution is 2.35. The molecule has 13 heteroatoms. The minimum atomic E-state index is -1.40. The Morgan fingerprint density at radius 1 is 1.47 bits per heavy atom. The topological polar surface area (TPSA) is 141 Å². The lowest BCUT2D eigenvalue weighted by Crippen LogP contribution is -2.39. The van der Waals surface area contributed by atoms with Gasteiger partial charge in [-0.15, -0.1) is 0 Å². The van der Waals surface area contributed by atoms with E-state index in [0.717, 1.165) is 0 Å². The van der Waals surface area contributed by atoms with Crippen molar-refractivity contribution in [2.24, 2.45) is 4.99 Å². The number of alkyl halides is 1. The standard InChI is InChI=1S/C19H25BrN6O6/c1-10(27)32-19(2,3)17(29)30-7-11-6-12(20)16(31-11)26-9-21-13-14(26)23-18(24-15(13)28)22-8-25(4)5/h8-9,11-12,16H,6-7H2,1-5H3,(H,23,24,28)/b22-8+/t11-,12-,16+/m0/s1. The number of nitrogens with zero attached hydrogens (tertiary/aromatic N) is 5. The van der Waals surface area contributed by atoms with Crippen LogP contribution in [0.3, 0.4) is 0 Å². The number of carbonyl (C=O) groups is 2. The number of carbonyl (C=O) groups excluding carboxylic acids is 2. The number of halogens is 1. The van der Waals surface area contributed by atoms with Gasteiger partial charge in [0.2, 0.25) is 11.5 Å². The van der Waals surface area contributed by atoms with Crippen molar-refractivity contribution in [3.63, 3.8) is 0 Å². The summed E-state index contributed by atoms with van der Waals surface area (Å²) in [5.41, 5.74) is -1.33. The molecule has 0 bridgehead atoms. The lowest BCUT2D eigenvalue weighted by Gasteiger charge is -2.23. The summed E-state index contributed by atoms with van der Waals surface area (Å²) in [6, 6.07) is 0. The lowest BCUT2D eigenvalue weighted by molar-refractivity contribution is -0.179. The summed E-state index contributed by atoms with van der Waals surface area (Å²) < 4.78 is 18.0. The van der Waals surface area contributed by atoms with E-state index in [9.17, 15) is 14.4 Å². The van der Waals surface area contributed by atoms with Crippen LogP contribution in [0, 0.1) is 0 Å². The molecule has 0 spiro atoms. The number of H-pyrrole nitrogens is 1. The zero-order valence-corrected chi connectivity index (χ0v) is 20.0. The predicted molar refractivity (Wildman–Crippen MR) is 118 cm³/mol. The molecule has 1 N–H and O–H groups in total. The Balaban J connectivity index is 1.75. The molecule has 12 nitrogen and oxygen atoms in total. The normalized spacial score (nSPS) is 21.2. The highest BCUT2D eigenvalue weighted by atomic mass is 79.9. The number of aliphatic imine (C=N–C) groups is 1. The maximum atomic E-state index is 12.4. The van der Waals surface area contributed by atoms with Gasteiger partial charge in [0.05, 0.1) is 23.6 Å². The molecule has 3 rings (SSSR count). The molecule has 1 saturated heterocycles.